The molecule has 0 radical (unpaired) electrons. The third kappa shape index (κ3) is 5.84. The molecule has 1 fully saturated rings. The van der Waals surface area contributed by atoms with E-state index in [1.54, 1.807) is 38.1 Å². The molecule has 1 atom stereocenters. The van der Waals surface area contributed by atoms with Gasteiger partial charge in [-0.2, -0.15) is 0 Å². The van der Waals surface area contributed by atoms with Crippen LogP contribution in [0.1, 0.15) is 65.8 Å². The van der Waals surface area contributed by atoms with Gasteiger partial charge in [0.2, 0.25) is 5.91 Å². The summed E-state index contributed by atoms with van der Waals surface area (Å²) in [6, 6.07) is 9.46. The zero-order valence-electron chi connectivity index (χ0n) is 20.4. The smallest absolute Gasteiger partial charge is 0.287 e. The van der Waals surface area contributed by atoms with Gasteiger partial charge in [0.1, 0.15) is 17.3 Å². The first kappa shape index (κ1) is 25.2. The van der Waals surface area contributed by atoms with Crippen molar-refractivity contribution in [3.8, 4) is 0 Å². The number of carbonyl (C=O) groups excluding carboxylic acids is 3. The fraction of sp³-hybridized carbons (Fsp3) is 0.370. The van der Waals surface area contributed by atoms with Crippen LogP contribution >= 0.6 is 0 Å². The van der Waals surface area contributed by atoms with E-state index in [2.05, 4.69) is 10.6 Å². The Morgan fingerprint density at radius 3 is 2.50 bits per heavy atom. The number of anilines is 1. The number of furan rings is 2. The molecule has 2 heterocycles. The van der Waals surface area contributed by atoms with Gasteiger partial charge >= 0.3 is 0 Å². The van der Waals surface area contributed by atoms with Gasteiger partial charge in [-0.15, -0.1) is 0 Å². The van der Waals surface area contributed by atoms with Gasteiger partial charge in [-0.3, -0.25) is 19.3 Å². The van der Waals surface area contributed by atoms with Crippen molar-refractivity contribution in [2.24, 2.45) is 0 Å². The Kier molecular flexibility index (Phi) is 7.87. The average molecular weight is 496 g/mol. The van der Waals surface area contributed by atoms with Gasteiger partial charge in [0.05, 0.1) is 12.8 Å². The highest BCUT2D eigenvalue weighted by Crippen LogP contribution is 2.31. The molecule has 9 heteroatoms. The summed E-state index contributed by atoms with van der Waals surface area (Å²) in [7, 11) is 0. The molecular formula is C27H30FN3O5. The van der Waals surface area contributed by atoms with Crippen LogP contribution in [0.2, 0.25) is 0 Å². The van der Waals surface area contributed by atoms with Crippen LogP contribution in [0, 0.1) is 19.7 Å². The number of amides is 3. The highest BCUT2D eigenvalue weighted by molar-refractivity contribution is 6.04. The lowest BCUT2D eigenvalue weighted by Crippen LogP contribution is -2.49. The molecule has 1 aliphatic rings. The lowest BCUT2D eigenvalue weighted by Gasteiger charge is -2.32. The fourth-order valence-electron chi connectivity index (χ4n) is 4.41. The van der Waals surface area contributed by atoms with Crippen molar-refractivity contribution in [1.29, 1.82) is 0 Å². The third-order valence-electron chi connectivity index (χ3n) is 6.34. The summed E-state index contributed by atoms with van der Waals surface area (Å²) in [4.78, 5) is 40.8. The normalized spacial score (nSPS) is 14.8. The molecule has 1 aromatic carbocycles. The van der Waals surface area contributed by atoms with Crippen LogP contribution < -0.4 is 15.5 Å². The number of halogens is 1. The zero-order valence-corrected chi connectivity index (χ0v) is 20.4. The molecule has 0 spiro atoms. The minimum atomic E-state index is -1.20. The number of rotatable bonds is 8. The minimum absolute atomic E-state index is 0.0184. The molecule has 0 saturated heterocycles. The molecule has 8 nitrogen and oxygen atoms in total. The molecule has 190 valence electrons. The maximum atomic E-state index is 14.6. The van der Waals surface area contributed by atoms with Gasteiger partial charge in [-0.25, -0.2) is 4.39 Å². The molecule has 36 heavy (non-hydrogen) atoms. The molecule has 0 bridgehead atoms. The Morgan fingerprint density at radius 2 is 1.86 bits per heavy atom. The van der Waals surface area contributed by atoms with Crippen LogP contribution in [0.25, 0.3) is 0 Å². The highest BCUT2D eigenvalue weighted by atomic mass is 19.1. The summed E-state index contributed by atoms with van der Waals surface area (Å²) >= 11 is 0. The van der Waals surface area contributed by atoms with Crippen molar-refractivity contribution >= 4 is 23.4 Å². The van der Waals surface area contributed by atoms with Crippen molar-refractivity contribution in [3.63, 3.8) is 0 Å². The Hall–Kier alpha value is -3.88. The summed E-state index contributed by atoms with van der Waals surface area (Å²) in [5, 5.41) is 5.57. The van der Waals surface area contributed by atoms with E-state index in [1.165, 1.54) is 29.4 Å². The van der Waals surface area contributed by atoms with Crippen LogP contribution in [0.5, 0.6) is 0 Å². The number of carbonyl (C=O) groups is 3. The lowest BCUT2D eigenvalue weighted by atomic mass is 9.95. The largest absolute Gasteiger partial charge is 0.464 e. The third-order valence-corrected chi connectivity index (χ3v) is 6.34. The number of benzene rings is 1. The Labute approximate surface area is 208 Å². The molecule has 2 N–H and O–H groups in total. The summed E-state index contributed by atoms with van der Waals surface area (Å²) in [5.41, 5.74) is 0.572. The van der Waals surface area contributed by atoms with Crippen molar-refractivity contribution in [2.45, 2.75) is 58.0 Å². The molecule has 0 unspecified atom stereocenters. The van der Waals surface area contributed by atoms with Crippen molar-refractivity contribution < 1.29 is 27.6 Å². The lowest BCUT2D eigenvalue weighted by molar-refractivity contribution is -0.127. The molecule has 4 rings (SSSR count). The SMILES string of the molecule is Cc1ccc([C@@H](C(=O)NC2CCCCC2)N(C(=O)CNC(=O)c2ccco2)c2ccc(C)c(F)c2)o1. The Morgan fingerprint density at radius 1 is 1.08 bits per heavy atom. The molecular weight excluding hydrogens is 465 g/mol. The van der Waals surface area contributed by atoms with Crippen LogP contribution in [0.3, 0.4) is 0 Å². The first-order chi connectivity index (χ1) is 17.3. The fourth-order valence-corrected chi connectivity index (χ4v) is 4.41. The van der Waals surface area contributed by atoms with E-state index in [4.69, 9.17) is 8.83 Å². The van der Waals surface area contributed by atoms with E-state index in [0.29, 0.717) is 11.3 Å². The summed E-state index contributed by atoms with van der Waals surface area (Å²) in [6.45, 7) is 2.90. The quantitative estimate of drug-likeness (QED) is 0.476. The highest BCUT2D eigenvalue weighted by Gasteiger charge is 2.36. The maximum absolute atomic E-state index is 14.6. The first-order valence-corrected chi connectivity index (χ1v) is 12.1. The number of hydrogen-bond acceptors (Lipinski definition) is 5. The van der Waals surface area contributed by atoms with Crippen LogP contribution in [0.15, 0.2) is 57.6 Å². The molecule has 1 aliphatic carbocycles. The standard InChI is InChI=1S/C27H30FN3O5/c1-17-10-12-20(15-21(17)28)31(24(32)16-29-26(33)23-9-6-14-35-23)25(22-13-11-18(2)36-22)27(34)30-19-7-4-3-5-8-19/h6,9-15,19,25H,3-5,7-8,16H2,1-2H3,(H,29,33)(H,30,34)/t25-/m0/s1. The average Bonchev–Trinajstić information content (AvgIpc) is 3.55. The van der Waals surface area contributed by atoms with Gasteiger partial charge < -0.3 is 19.5 Å². The van der Waals surface area contributed by atoms with E-state index in [1.807, 2.05) is 0 Å². The van der Waals surface area contributed by atoms with Crippen molar-refractivity contribution in [1.82, 2.24) is 10.6 Å². The topological polar surface area (TPSA) is 105 Å². The second-order valence-corrected chi connectivity index (χ2v) is 9.05. The number of nitrogens with one attached hydrogen (secondary N) is 2. The van der Waals surface area contributed by atoms with Crippen LogP contribution in [0.4, 0.5) is 10.1 Å². The number of nitrogens with zero attached hydrogens (tertiary/aromatic N) is 1. The zero-order chi connectivity index (χ0) is 25.7. The maximum Gasteiger partial charge on any atom is 0.287 e. The van der Waals surface area contributed by atoms with E-state index in [9.17, 15) is 18.8 Å². The van der Waals surface area contributed by atoms with Gasteiger partial charge in [-0.1, -0.05) is 25.3 Å². The second-order valence-electron chi connectivity index (χ2n) is 9.05. The first-order valence-electron chi connectivity index (χ1n) is 12.1. The van der Waals surface area contributed by atoms with Crippen LogP contribution in [-0.4, -0.2) is 30.3 Å². The van der Waals surface area contributed by atoms with Gasteiger partial charge in [0.25, 0.3) is 11.8 Å². The van der Waals surface area contributed by atoms with Gasteiger partial charge in [-0.05, 0) is 68.7 Å². The summed E-state index contributed by atoms with van der Waals surface area (Å²) in [6.07, 6.45) is 6.20. The van der Waals surface area contributed by atoms with Crippen LogP contribution in [-0.2, 0) is 9.59 Å². The summed E-state index contributed by atoms with van der Waals surface area (Å²) < 4.78 is 25.5. The van der Waals surface area contributed by atoms with Gasteiger partial charge in [0, 0.05) is 11.7 Å². The monoisotopic (exact) mass is 495 g/mol. The molecule has 3 aromatic rings. The van der Waals surface area contributed by atoms with E-state index in [-0.39, 0.29) is 23.2 Å². The van der Waals surface area contributed by atoms with E-state index in [0.717, 1.165) is 32.1 Å². The molecule has 1 saturated carbocycles. The number of aryl methyl sites for hydroxylation is 2. The van der Waals surface area contributed by atoms with Gasteiger partial charge in [0.15, 0.2) is 11.8 Å². The molecule has 2 aromatic heterocycles. The number of hydrogen-bond donors (Lipinski definition) is 2. The Bertz CT molecular complexity index is 1210. The molecule has 3 amide bonds. The predicted molar refractivity (Wildman–Crippen MR) is 131 cm³/mol. The van der Waals surface area contributed by atoms with E-state index < -0.39 is 36.1 Å². The minimum Gasteiger partial charge on any atom is -0.464 e. The molecule has 0 aliphatic heterocycles. The van der Waals surface area contributed by atoms with Crippen molar-refractivity contribution in [2.75, 3.05) is 11.4 Å². The van der Waals surface area contributed by atoms with Crippen molar-refractivity contribution in [3.05, 3.63) is 77.4 Å². The van der Waals surface area contributed by atoms with E-state index >= 15 is 0 Å². The second kappa shape index (κ2) is 11.2. The Balaban J connectivity index is 1.68. The predicted octanol–water partition coefficient (Wildman–Crippen LogP) is 4.58. The summed E-state index contributed by atoms with van der Waals surface area (Å²) in [5.74, 6) is -1.29.